The van der Waals surface area contributed by atoms with Crippen LogP contribution in [0.5, 0.6) is 5.75 Å². The van der Waals surface area contributed by atoms with Gasteiger partial charge in [0.1, 0.15) is 0 Å². The first-order valence-corrected chi connectivity index (χ1v) is 7.07. The Hall–Kier alpha value is -1.13. The number of ether oxygens (including phenoxy) is 1. The average molecular weight is 282 g/mol. The number of halogens is 1. The van der Waals surface area contributed by atoms with Gasteiger partial charge in [-0.15, -0.1) is 0 Å². The second-order valence-electron chi connectivity index (χ2n) is 6.69. The monoisotopic (exact) mass is 282 g/mol. The lowest BCUT2D eigenvalue weighted by Crippen LogP contribution is -2.30. The van der Waals surface area contributed by atoms with E-state index in [0.29, 0.717) is 11.5 Å². The Morgan fingerprint density at radius 1 is 1.35 bits per heavy atom. The fraction of sp³-hybridized carbons (Fsp3) is 0.625. The minimum absolute atomic E-state index is 0.206. The van der Waals surface area contributed by atoms with Gasteiger partial charge in [0.2, 0.25) is 0 Å². The first kappa shape index (κ1) is 16.9. The summed E-state index contributed by atoms with van der Waals surface area (Å²) in [5, 5.41) is 0. The largest absolute Gasteiger partial charge is 0.494 e. The van der Waals surface area contributed by atoms with E-state index in [-0.39, 0.29) is 23.0 Å². The first-order chi connectivity index (χ1) is 9.28. The van der Waals surface area contributed by atoms with Gasteiger partial charge >= 0.3 is 0 Å². The van der Waals surface area contributed by atoms with Crippen LogP contribution >= 0.6 is 0 Å². The SMILES string of the molecule is COc1cccc(C(CC(C)CC(C)(C)C)NN)c1F. The van der Waals surface area contributed by atoms with Crippen molar-refractivity contribution < 1.29 is 9.13 Å². The summed E-state index contributed by atoms with van der Waals surface area (Å²) in [4.78, 5) is 0. The number of hydrazine groups is 1. The lowest BCUT2D eigenvalue weighted by Gasteiger charge is -2.27. The molecule has 20 heavy (non-hydrogen) atoms. The van der Waals surface area contributed by atoms with Crippen molar-refractivity contribution in [1.82, 2.24) is 5.43 Å². The molecular formula is C16H27FN2O. The molecule has 1 rings (SSSR count). The fourth-order valence-corrected chi connectivity index (χ4v) is 2.77. The molecule has 2 atom stereocenters. The quantitative estimate of drug-likeness (QED) is 0.616. The third kappa shape index (κ3) is 4.76. The highest BCUT2D eigenvalue weighted by atomic mass is 19.1. The lowest BCUT2D eigenvalue weighted by molar-refractivity contribution is 0.274. The minimum Gasteiger partial charge on any atom is -0.494 e. The maximum absolute atomic E-state index is 14.3. The number of nitrogens with two attached hydrogens (primary N) is 1. The number of nitrogens with one attached hydrogen (secondary N) is 1. The Morgan fingerprint density at radius 3 is 2.50 bits per heavy atom. The summed E-state index contributed by atoms with van der Waals surface area (Å²) >= 11 is 0. The number of methoxy groups -OCH3 is 1. The highest BCUT2D eigenvalue weighted by molar-refractivity contribution is 5.33. The van der Waals surface area contributed by atoms with Gasteiger partial charge in [0.25, 0.3) is 0 Å². The van der Waals surface area contributed by atoms with Crippen molar-refractivity contribution in [2.75, 3.05) is 7.11 Å². The van der Waals surface area contributed by atoms with Crippen molar-refractivity contribution >= 4 is 0 Å². The van der Waals surface area contributed by atoms with Gasteiger partial charge in [0.15, 0.2) is 11.6 Å². The van der Waals surface area contributed by atoms with Crippen LogP contribution in [0.2, 0.25) is 0 Å². The van der Waals surface area contributed by atoms with Crippen LogP contribution in [-0.4, -0.2) is 7.11 Å². The van der Waals surface area contributed by atoms with Gasteiger partial charge in [-0.2, -0.15) is 0 Å². The topological polar surface area (TPSA) is 47.3 Å². The molecule has 0 amide bonds. The summed E-state index contributed by atoms with van der Waals surface area (Å²) in [5.41, 5.74) is 3.55. The highest BCUT2D eigenvalue weighted by Gasteiger charge is 2.22. The van der Waals surface area contributed by atoms with Gasteiger partial charge in [-0.1, -0.05) is 39.8 Å². The second kappa shape index (κ2) is 7.04. The zero-order chi connectivity index (χ0) is 15.3. The molecule has 0 spiro atoms. The molecule has 0 bridgehead atoms. The molecule has 0 aliphatic carbocycles. The maximum Gasteiger partial charge on any atom is 0.169 e. The van der Waals surface area contributed by atoms with Crippen LogP contribution in [0.1, 0.15) is 52.1 Å². The molecular weight excluding hydrogens is 255 g/mol. The van der Waals surface area contributed by atoms with Crippen molar-refractivity contribution in [3.63, 3.8) is 0 Å². The van der Waals surface area contributed by atoms with Gasteiger partial charge in [-0.25, -0.2) is 4.39 Å². The summed E-state index contributed by atoms with van der Waals surface area (Å²) in [5.74, 6) is 5.99. The summed E-state index contributed by atoms with van der Waals surface area (Å²) in [6.45, 7) is 8.80. The molecule has 0 saturated heterocycles. The van der Waals surface area contributed by atoms with E-state index in [2.05, 4.69) is 33.1 Å². The smallest absolute Gasteiger partial charge is 0.169 e. The van der Waals surface area contributed by atoms with Crippen molar-refractivity contribution in [2.45, 2.75) is 46.6 Å². The van der Waals surface area contributed by atoms with Crippen LogP contribution in [-0.2, 0) is 0 Å². The number of rotatable bonds is 6. The Morgan fingerprint density at radius 2 is 2.00 bits per heavy atom. The molecule has 0 radical (unpaired) electrons. The first-order valence-electron chi connectivity index (χ1n) is 7.07. The molecule has 0 aromatic heterocycles. The molecule has 1 aromatic rings. The van der Waals surface area contributed by atoms with E-state index in [1.807, 2.05) is 0 Å². The molecule has 1 aromatic carbocycles. The Kier molecular flexibility index (Phi) is 5.96. The van der Waals surface area contributed by atoms with Gasteiger partial charge in [-0.3, -0.25) is 11.3 Å². The van der Waals surface area contributed by atoms with E-state index in [4.69, 9.17) is 10.6 Å². The normalized spacial score (nSPS) is 14.9. The predicted octanol–water partition coefficient (Wildman–Crippen LogP) is 3.80. The van der Waals surface area contributed by atoms with E-state index in [9.17, 15) is 4.39 Å². The molecule has 0 fully saturated rings. The molecule has 0 heterocycles. The van der Waals surface area contributed by atoms with E-state index in [1.54, 1.807) is 18.2 Å². The average Bonchev–Trinajstić information content (AvgIpc) is 2.34. The molecule has 4 heteroatoms. The third-order valence-corrected chi connectivity index (χ3v) is 3.39. The summed E-state index contributed by atoms with van der Waals surface area (Å²) < 4.78 is 19.3. The van der Waals surface area contributed by atoms with Crippen molar-refractivity contribution in [3.8, 4) is 5.75 Å². The molecule has 0 saturated carbocycles. The van der Waals surface area contributed by atoms with Crippen LogP contribution in [0.3, 0.4) is 0 Å². The van der Waals surface area contributed by atoms with Gasteiger partial charge < -0.3 is 4.74 Å². The molecule has 0 aliphatic rings. The zero-order valence-corrected chi connectivity index (χ0v) is 13.2. The fourth-order valence-electron chi connectivity index (χ4n) is 2.77. The number of hydrogen-bond acceptors (Lipinski definition) is 3. The Bertz CT molecular complexity index is 429. The van der Waals surface area contributed by atoms with E-state index in [0.717, 1.165) is 12.8 Å². The summed E-state index contributed by atoms with van der Waals surface area (Å²) in [6.07, 6.45) is 1.86. The third-order valence-electron chi connectivity index (χ3n) is 3.39. The summed E-state index contributed by atoms with van der Waals surface area (Å²) in [7, 11) is 1.47. The molecule has 3 N–H and O–H groups in total. The van der Waals surface area contributed by atoms with Gasteiger partial charge in [0.05, 0.1) is 7.11 Å². The van der Waals surface area contributed by atoms with Crippen molar-refractivity contribution in [1.29, 1.82) is 0 Å². The zero-order valence-electron chi connectivity index (χ0n) is 13.2. The number of hydrogen-bond donors (Lipinski definition) is 2. The van der Waals surface area contributed by atoms with E-state index < -0.39 is 0 Å². The van der Waals surface area contributed by atoms with E-state index in [1.165, 1.54) is 7.11 Å². The van der Waals surface area contributed by atoms with Crippen LogP contribution in [0, 0.1) is 17.2 Å². The van der Waals surface area contributed by atoms with Crippen LogP contribution < -0.4 is 16.0 Å². The minimum atomic E-state index is -0.332. The van der Waals surface area contributed by atoms with Gasteiger partial charge in [0, 0.05) is 11.6 Å². The molecule has 0 aliphatic heterocycles. The molecule has 2 unspecified atom stereocenters. The van der Waals surface area contributed by atoms with Crippen LogP contribution in [0.15, 0.2) is 18.2 Å². The van der Waals surface area contributed by atoms with Crippen molar-refractivity contribution in [3.05, 3.63) is 29.6 Å². The molecule has 114 valence electrons. The number of benzene rings is 1. The Balaban J connectivity index is 2.86. The molecule has 3 nitrogen and oxygen atoms in total. The maximum atomic E-state index is 14.3. The lowest BCUT2D eigenvalue weighted by atomic mass is 9.82. The summed E-state index contributed by atoms with van der Waals surface area (Å²) in [6, 6.07) is 4.95. The second-order valence-corrected chi connectivity index (χ2v) is 6.69. The van der Waals surface area contributed by atoms with Crippen LogP contribution in [0.25, 0.3) is 0 Å². The standard InChI is InChI=1S/C16H27FN2O/c1-11(10-16(2,3)4)9-13(19-18)12-7-6-8-14(20-5)15(12)17/h6-8,11,13,19H,9-10,18H2,1-5H3. The van der Waals surface area contributed by atoms with Gasteiger partial charge in [-0.05, 0) is 30.2 Å². The highest BCUT2D eigenvalue weighted by Crippen LogP contribution is 2.32. The predicted molar refractivity (Wildman–Crippen MR) is 80.9 cm³/mol. The van der Waals surface area contributed by atoms with Crippen LogP contribution in [0.4, 0.5) is 4.39 Å². The van der Waals surface area contributed by atoms with E-state index >= 15 is 0 Å². The Labute approximate surface area is 121 Å². The van der Waals surface area contributed by atoms with Crippen molar-refractivity contribution in [2.24, 2.45) is 17.2 Å².